The Balaban J connectivity index is 0.000000255. The molecule has 1 N–H and O–H groups in total. The summed E-state index contributed by atoms with van der Waals surface area (Å²) in [7, 11) is 1.87. The summed E-state index contributed by atoms with van der Waals surface area (Å²) in [6.45, 7) is 10.1. The molecule has 0 atom stereocenters. The summed E-state index contributed by atoms with van der Waals surface area (Å²) in [5.41, 5.74) is 3.20. The van der Waals surface area contributed by atoms with Gasteiger partial charge in [-0.3, -0.25) is 4.98 Å². The van der Waals surface area contributed by atoms with Gasteiger partial charge in [0.2, 0.25) is 0 Å². The van der Waals surface area contributed by atoms with Crippen molar-refractivity contribution in [3.63, 3.8) is 0 Å². The molecule has 1 heterocycles. The summed E-state index contributed by atoms with van der Waals surface area (Å²) < 4.78 is 1.10. The molecule has 22 heavy (non-hydrogen) atoms. The van der Waals surface area contributed by atoms with Gasteiger partial charge in [-0.1, -0.05) is 60.9 Å². The second-order valence-electron chi connectivity index (χ2n) is 5.77. The van der Waals surface area contributed by atoms with E-state index in [0.717, 1.165) is 20.9 Å². The molecule has 0 unspecified atom stereocenters. The van der Waals surface area contributed by atoms with Crippen LogP contribution in [0.4, 0.5) is 5.69 Å². The third kappa shape index (κ3) is 5.47. The van der Waals surface area contributed by atoms with Gasteiger partial charge in [-0.15, -0.1) is 0 Å². The monoisotopic (exact) mass is 380 g/mol. The third-order valence-corrected chi connectivity index (χ3v) is 4.00. The number of nitrogens with zero attached hydrogens (tertiary/aromatic N) is 1. The van der Waals surface area contributed by atoms with Gasteiger partial charge in [-0.25, -0.2) is 0 Å². The van der Waals surface area contributed by atoms with E-state index in [1.165, 1.54) is 5.56 Å². The molecule has 4 heteroatoms. The first kappa shape index (κ1) is 18.7. The first-order valence-electron chi connectivity index (χ1n) is 7.00. The molecule has 0 aliphatic rings. The molecule has 2 nitrogen and oxygen atoms in total. The lowest BCUT2D eigenvalue weighted by atomic mass is 9.87. The minimum atomic E-state index is 0.106. The maximum absolute atomic E-state index is 6.12. The van der Waals surface area contributed by atoms with Crippen LogP contribution in [0.15, 0.2) is 47.6 Å². The fourth-order valence-electron chi connectivity index (χ4n) is 1.81. The summed E-state index contributed by atoms with van der Waals surface area (Å²) in [5, 5.41) is 3.82. The lowest BCUT2D eigenvalue weighted by Gasteiger charge is -2.22. The number of anilines is 1. The lowest BCUT2D eigenvalue weighted by molar-refractivity contribution is 0.587. The highest BCUT2D eigenvalue weighted by atomic mass is 79.9. The number of halogens is 2. The Kier molecular flexibility index (Phi) is 7.11. The second-order valence-corrected chi connectivity index (χ2v) is 7.03. The minimum Gasteiger partial charge on any atom is -0.387 e. The number of rotatable bonds is 2. The van der Waals surface area contributed by atoms with Crippen molar-refractivity contribution in [2.24, 2.45) is 0 Å². The lowest BCUT2D eigenvalue weighted by Crippen LogP contribution is -2.12. The highest BCUT2D eigenvalue weighted by molar-refractivity contribution is 9.10. The highest BCUT2D eigenvalue weighted by Gasteiger charge is 2.18. The average Bonchev–Trinajstić information content (AvgIpc) is 2.49. The third-order valence-electron chi connectivity index (χ3n) is 3.03. The van der Waals surface area contributed by atoms with E-state index >= 15 is 0 Å². The van der Waals surface area contributed by atoms with Crippen LogP contribution in [0.3, 0.4) is 0 Å². The number of aromatic nitrogens is 1. The van der Waals surface area contributed by atoms with Crippen molar-refractivity contribution in [2.45, 2.75) is 26.2 Å². The van der Waals surface area contributed by atoms with E-state index in [0.29, 0.717) is 0 Å². The Morgan fingerprint density at radius 2 is 1.95 bits per heavy atom. The molecule has 0 saturated carbocycles. The van der Waals surface area contributed by atoms with Crippen LogP contribution >= 0.6 is 27.5 Å². The molecular formula is C18H22BrClN2. The number of hydrogen-bond donors (Lipinski definition) is 1. The zero-order chi connectivity index (χ0) is 16.8. The Labute approximate surface area is 146 Å². The number of nitrogens with one attached hydrogen (secondary N) is 1. The normalized spacial score (nSPS) is 10.5. The molecule has 0 bridgehead atoms. The molecule has 0 radical (unpaired) electrons. The largest absolute Gasteiger partial charge is 0.387 e. The van der Waals surface area contributed by atoms with Gasteiger partial charge in [0.15, 0.2) is 0 Å². The van der Waals surface area contributed by atoms with Crippen LogP contribution in [-0.4, -0.2) is 12.0 Å². The first-order valence-corrected chi connectivity index (χ1v) is 8.17. The van der Waals surface area contributed by atoms with Gasteiger partial charge in [-0.05, 0) is 41.3 Å². The van der Waals surface area contributed by atoms with Gasteiger partial charge in [0.05, 0.1) is 16.4 Å². The van der Waals surface area contributed by atoms with E-state index in [1.807, 2.05) is 37.4 Å². The van der Waals surface area contributed by atoms with E-state index in [4.69, 9.17) is 11.6 Å². The summed E-state index contributed by atoms with van der Waals surface area (Å²) in [6.07, 6.45) is 3.47. The number of benzene rings is 1. The molecule has 0 fully saturated rings. The van der Waals surface area contributed by atoms with Gasteiger partial charge >= 0.3 is 0 Å². The van der Waals surface area contributed by atoms with E-state index in [-0.39, 0.29) is 5.41 Å². The van der Waals surface area contributed by atoms with Crippen molar-refractivity contribution in [3.05, 3.63) is 63.9 Å². The van der Waals surface area contributed by atoms with Crippen LogP contribution in [0.25, 0.3) is 6.08 Å². The number of pyridine rings is 1. The molecule has 1 aromatic carbocycles. The van der Waals surface area contributed by atoms with E-state index in [9.17, 15) is 0 Å². The zero-order valence-electron chi connectivity index (χ0n) is 13.5. The van der Waals surface area contributed by atoms with E-state index < -0.39 is 0 Å². The Morgan fingerprint density at radius 1 is 1.27 bits per heavy atom. The van der Waals surface area contributed by atoms with Crippen molar-refractivity contribution in [3.8, 4) is 0 Å². The molecule has 2 rings (SSSR count). The van der Waals surface area contributed by atoms with Gasteiger partial charge in [0.1, 0.15) is 0 Å². The smallest absolute Gasteiger partial charge is 0.0641 e. The van der Waals surface area contributed by atoms with E-state index in [1.54, 1.807) is 12.3 Å². The topological polar surface area (TPSA) is 24.9 Å². The molecule has 0 saturated heterocycles. The standard InChI is InChI=1S/C11H15BrClN.C7H7N/c1-11(2,3)7-5-9(13)10(14-4)6-8(7)12;1-2-7-5-3-4-6-8-7/h5-6,14H,1-4H3;2-6H,1H2. The van der Waals surface area contributed by atoms with Crippen LogP contribution in [0.5, 0.6) is 0 Å². The number of hydrogen-bond acceptors (Lipinski definition) is 2. The Morgan fingerprint density at radius 3 is 2.36 bits per heavy atom. The predicted molar refractivity (Wildman–Crippen MR) is 102 cm³/mol. The van der Waals surface area contributed by atoms with Crippen molar-refractivity contribution in [2.75, 3.05) is 12.4 Å². The SMILES string of the molecule is C=Cc1ccccn1.CNc1cc(Br)c(C(C)(C)C)cc1Cl. The van der Waals surface area contributed by atoms with Gasteiger partial charge in [0, 0.05) is 17.7 Å². The Bertz CT molecular complexity index is 619. The maximum Gasteiger partial charge on any atom is 0.0641 e. The van der Waals surface area contributed by atoms with Crippen LogP contribution in [0.2, 0.25) is 5.02 Å². The van der Waals surface area contributed by atoms with Crippen molar-refractivity contribution < 1.29 is 0 Å². The zero-order valence-corrected chi connectivity index (χ0v) is 15.8. The van der Waals surface area contributed by atoms with Crippen LogP contribution < -0.4 is 5.32 Å². The molecule has 0 spiro atoms. The summed E-state index contributed by atoms with van der Waals surface area (Å²) in [4.78, 5) is 3.98. The molecule has 0 amide bonds. The van der Waals surface area contributed by atoms with Crippen LogP contribution in [0, 0.1) is 0 Å². The summed E-state index contributed by atoms with van der Waals surface area (Å²) in [5.74, 6) is 0. The summed E-state index contributed by atoms with van der Waals surface area (Å²) >= 11 is 9.68. The van der Waals surface area contributed by atoms with Crippen molar-refractivity contribution in [1.29, 1.82) is 0 Å². The fraction of sp³-hybridized carbons (Fsp3) is 0.278. The molecule has 1 aromatic heterocycles. The average molecular weight is 382 g/mol. The minimum absolute atomic E-state index is 0.106. The Hall–Kier alpha value is -1.32. The highest BCUT2D eigenvalue weighted by Crippen LogP contribution is 2.35. The van der Waals surface area contributed by atoms with Crippen LogP contribution in [0.1, 0.15) is 32.0 Å². The van der Waals surface area contributed by atoms with Crippen molar-refractivity contribution >= 4 is 39.3 Å². The predicted octanol–water partition coefficient (Wildman–Crippen LogP) is 6.17. The molecule has 0 aliphatic carbocycles. The van der Waals surface area contributed by atoms with Gasteiger partial charge < -0.3 is 5.32 Å². The second kappa shape index (κ2) is 8.35. The van der Waals surface area contributed by atoms with E-state index in [2.05, 4.69) is 53.6 Å². The van der Waals surface area contributed by atoms with Gasteiger partial charge in [-0.2, -0.15) is 0 Å². The molecule has 118 valence electrons. The van der Waals surface area contributed by atoms with Gasteiger partial charge in [0.25, 0.3) is 0 Å². The van der Waals surface area contributed by atoms with Crippen LogP contribution in [-0.2, 0) is 5.41 Å². The maximum atomic E-state index is 6.12. The molecule has 0 aliphatic heterocycles. The molecule has 2 aromatic rings. The molecular weight excluding hydrogens is 360 g/mol. The van der Waals surface area contributed by atoms with Crippen molar-refractivity contribution in [1.82, 2.24) is 4.98 Å². The fourth-order valence-corrected chi connectivity index (χ4v) is 3.01. The first-order chi connectivity index (χ1) is 10.3. The quantitative estimate of drug-likeness (QED) is 0.673. The summed E-state index contributed by atoms with van der Waals surface area (Å²) in [6, 6.07) is 9.75.